The summed E-state index contributed by atoms with van der Waals surface area (Å²) in [5, 5.41) is 10.8. The maximum Gasteiger partial charge on any atom is 0.225 e. The van der Waals surface area contributed by atoms with Crippen LogP contribution in [0.2, 0.25) is 0 Å². The molecule has 0 unspecified atom stereocenters. The van der Waals surface area contributed by atoms with E-state index in [-0.39, 0.29) is 18.6 Å². The molecule has 2 fully saturated rings. The Labute approximate surface area is 158 Å². The summed E-state index contributed by atoms with van der Waals surface area (Å²) < 4.78 is 6.41. The molecule has 2 aromatic heterocycles. The molecule has 2 aromatic rings. The molecule has 5 nitrogen and oxygen atoms in total. The zero-order chi connectivity index (χ0) is 17.5. The van der Waals surface area contributed by atoms with Gasteiger partial charge in [0.15, 0.2) is 0 Å². The molecule has 1 atom stereocenters. The number of aliphatic hydroxyl groups excluding tert-OH is 1. The molecule has 1 saturated carbocycles. The fraction of sp³-hybridized carbons (Fsp3) is 0.700. The lowest BCUT2D eigenvalue weighted by Gasteiger charge is -2.34. The lowest BCUT2D eigenvalue weighted by Crippen LogP contribution is -2.38. The second-order valence-electron chi connectivity index (χ2n) is 8.01. The molecule has 3 heterocycles. The van der Waals surface area contributed by atoms with Crippen molar-refractivity contribution in [2.24, 2.45) is 0 Å². The smallest absolute Gasteiger partial charge is 0.225 e. The Morgan fingerprint density at radius 2 is 1.92 bits per heavy atom. The number of aliphatic hydroxyl groups is 1. The fourth-order valence-corrected chi connectivity index (χ4v) is 6.34. The monoisotopic (exact) mass is 373 g/mol. The number of likely N-dealkylation sites (tertiary alicyclic amines) is 1. The Hall–Kier alpha value is -1.24. The summed E-state index contributed by atoms with van der Waals surface area (Å²) in [5.74, 6) is 0.968. The van der Waals surface area contributed by atoms with Crippen LogP contribution in [0.5, 0.6) is 5.88 Å². The Balaban J connectivity index is 1.34. The van der Waals surface area contributed by atoms with E-state index in [0.717, 1.165) is 47.8 Å². The van der Waals surface area contributed by atoms with Gasteiger partial charge in [-0.05, 0) is 70.0 Å². The second kappa shape index (κ2) is 7.06. The van der Waals surface area contributed by atoms with Gasteiger partial charge in [-0.15, -0.1) is 11.3 Å². The van der Waals surface area contributed by atoms with Crippen molar-refractivity contribution in [2.75, 3.05) is 19.7 Å². The molecule has 0 bridgehead atoms. The van der Waals surface area contributed by atoms with Crippen molar-refractivity contribution >= 4 is 21.6 Å². The summed E-state index contributed by atoms with van der Waals surface area (Å²) >= 11 is 1.75. The summed E-state index contributed by atoms with van der Waals surface area (Å²) in [6.07, 6.45) is 11.4. The number of ether oxygens (including phenoxy) is 1. The van der Waals surface area contributed by atoms with E-state index in [2.05, 4.69) is 14.9 Å². The van der Waals surface area contributed by atoms with Gasteiger partial charge in [-0.25, -0.2) is 9.97 Å². The van der Waals surface area contributed by atoms with Crippen molar-refractivity contribution in [1.82, 2.24) is 14.9 Å². The molecule has 0 radical (unpaired) electrons. The van der Waals surface area contributed by atoms with Gasteiger partial charge < -0.3 is 14.7 Å². The fourth-order valence-electron chi connectivity index (χ4n) is 5.11. The van der Waals surface area contributed by atoms with Crippen LogP contribution in [0.25, 0.3) is 10.2 Å². The molecule has 2 aliphatic carbocycles. The van der Waals surface area contributed by atoms with Crippen molar-refractivity contribution in [3.8, 4) is 5.88 Å². The number of thiophene rings is 1. The standard InChI is InChI=1S/C20H27N3O2S/c24-11-13-3-8-16-17(13)18-19(21-12-22-20(18)26-16)25-15-6-4-14(5-7-15)23-9-1-2-10-23/h12-15,24H,1-11H2/t13-,14?,15?/m1/s1. The van der Waals surface area contributed by atoms with Crippen molar-refractivity contribution in [3.63, 3.8) is 0 Å². The third-order valence-electron chi connectivity index (χ3n) is 6.49. The van der Waals surface area contributed by atoms with Crippen LogP contribution in [0.3, 0.4) is 0 Å². The molecule has 26 heavy (non-hydrogen) atoms. The highest BCUT2D eigenvalue weighted by atomic mass is 32.1. The van der Waals surface area contributed by atoms with E-state index >= 15 is 0 Å². The van der Waals surface area contributed by atoms with Gasteiger partial charge in [0, 0.05) is 16.8 Å². The number of rotatable bonds is 4. The number of nitrogens with zero attached hydrogens (tertiary/aromatic N) is 3. The highest BCUT2D eigenvalue weighted by Crippen LogP contribution is 2.46. The summed E-state index contributed by atoms with van der Waals surface area (Å²) in [6.45, 7) is 2.77. The van der Waals surface area contributed by atoms with Gasteiger partial charge >= 0.3 is 0 Å². The molecule has 1 aliphatic heterocycles. The van der Waals surface area contributed by atoms with E-state index in [1.54, 1.807) is 17.7 Å². The van der Waals surface area contributed by atoms with Crippen molar-refractivity contribution in [1.29, 1.82) is 0 Å². The maximum atomic E-state index is 9.75. The Morgan fingerprint density at radius 1 is 1.12 bits per heavy atom. The van der Waals surface area contributed by atoms with Gasteiger partial charge in [0.25, 0.3) is 0 Å². The summed E-state index contributed by atoms with van der Waals surface area (Å²) in [7, 11) is 0. The van der Waals surface area contributed by atoms with Gasteiger partial charge in [0.2, 0.25) is 5.88 Å². The average Bonchev–Trinajstić information content (AvgIpc) is 3.39. The molecule has 0 spiro atoms. The first-order valence-corrected chi connectivity index (χ1v) is 10.9. The highest BCUT2D eigenvalue weighted by molar-refractivity contribution is 7.19. The quantitative estimate of drug-likeness (QED) is 0.889. The minimum Gasteiger partial charge on any atom is -0.474 e. The summed E-state index contributed by atoms with van der Waals surface area (Å²) in [6, 6.07) is 0.756. The van der Waals surface area contributed by atoms with E-state index < -0.39 is 0 Å². The van der Waals surface area contributed by atoms with E-state index in [9.17, 15) is 5.11 Å². The van der Waals surface area contributed by atoms with Crippen LogP contribution in [-0.2, 0) is 6.42 Å². The van der Waals surface area contributed by atoms with E-state index in [1.165, 1.54) is 49.2 Å². The molecule has 5 rings (SSSR count). The van der Waals surface area contributed by atoms with Crippen molar-refractivity contribution < 1.29 is 9.84 Å². The van der Waals surface area contributed by atoms with Crippen molar-refractivity contribution in [3.05, 3.63) is 16.8 Å². The molecule has 0 amide bonds. The third-order valence-corrected chi connectivity index (χ3v) is 7.67. The average molecular weight is 374 g/mol. The lowest BCUT2D eigenvalue weighted by atomic mass is 9.92. The minimum atomic E-state index is 0.202. The molecule has 3 aliphatic rings. The summed E-state index contributed by atoms with van der Waals surface area (Å²) in [5.41, 5.74) is 1.26. The predicted molar refractivity (Wildman–Crippen MR) is 103 cm³/mol. The SMILES string of the molecule is OC[C@H]1CCc2sc3ncnc(OC4CCC(N5CCCC5)CC4)c3c21. The zero-order valence-electron chi connectivity index (χ0n) is 15.2. The van der Waals surface area contributed by atoms with Crippen LogP contribution < -0.4 is 4.74 Å². The first-order chi connectivity index (χ1) is 12.8. The molecule has 0 aromatic carbocycles. The van der Waals surface area contributed by atoms with Crippen LogP contribution in [0.15, 0.2) is 6.33 Å². The van der Waals surface area contributed by atoms with Crippen LogP contribution in [-0.4, -0.2) is 51.8 Å². The van der Waals surface area contributed by atoms with Crippen LogP contribution in [0, 0.1) is 0 Å². The summed E-state index contributed by atoms with van der Waals surface area (Å²) in [4.78, 5) is 14.0. The number of aryl methyl sites for hydroxylation is 1. The Morgan fingerprint density at radius 3 is 2.69 bits per heavy atom. The van der Waals surface area contributed by atoms with Crippen LogP contribution in [0.4, 0.5) is 0 Å². The highest BCUT2D eigenvalue weighted by Gasteiger charge is 2.32. The molecular formula is C20H27N3O2S. The maximum absolute atomic E-state index is 9.75. The molecular weight excluding hydrogens is 346 g/mol. The molecule has 1 saturated heterocycles. The topological polar surface area (TPSA) is 58.5 Å². The largest absolute Gasteiger partial charge is 0.474 e. The molecule has 140 valence electrons. The van der Waals surface area contributed by atoms with E-state index in [4.69, 9.17) is 4.74 Å². The number of hydrogen-bond donors (Lipinski definition) is 1. The first-order valence-electron chi connectivity index (χ1n) is 10.1. The molecule has 6 heteroatoms. The molecule has 1 N–H and O–H groups in total. The lowest BCUT2D eigenvalue weighted by molar-refractivity contribution is 0.0978. The van der Waals surface area contributed by atoms with Crippen molar-refractivity contribution in [2.45, 2.75) is 69.4 Å². The third kappa shape index (κ3) is 2.92. The normalized spacial score (nSPS) is 29.3. The number of aromatic nitrogens is 2. The Kier molecular flexibility index (Phi) is 4.59. The first kappa shape index (κ1) is 16.9. The second-order valence-corrected chi connectivity index (χ2v) is 9.09. The zero-order valence-corrected chi connectivity index (χ0v) is 16.0. The van der Waals surface area contributed by atoms with Gasteiger partial charge in [-0.2, -0.15) is 0 Å². The van der Waals surface area contributed by atoms with Crippen LogP contribution in [0.1, 0.15) is 61.3 Å². The van der Waals surface area contributed by atoms with Gasteiger partial charge in [-0.1, -0.05) is 0 Å². The number of hydrogen-bond acceptors (Lipinski definition) is 6. The van der Waals surface area contributed by atoms with Gasteiger partial charge in [0.1, 0.15) is 17.3 Å². The van der Waals surface area contributed by atoms with E-state index in [0.29, 0.717) is 0 Å². The van der Waals surface area contributed by atoms with Crippen LogP contribution >= 0.6 is 11.3 Å². The minimum absolute atomic E-state index is 0.202. The van der Waals surface area contributed by atoms with Gasteiger partial charge in [-0.3, -0.25) is 0 Å². The van der Waals surface area contributed by atoms with E-state index in [1.807, 2.05) is 0 Å². The number of fused-ring (bicyclic) bond motifs is 3. The predicted octanol–water partition coefficient (Wildman–Crippen LogP) is 3.50. The van der Waals surface area contributed by atoms with Gasteiger partial charge in [0.05, 0.1) is 12.0 Å². The Bertz CT molecular complexity index is 779.